The molecule has 0 atom stereocenters. The molecule has 70 valence electrons. The summed E-state index contributed by atoms with van der Waals surface area (Å²) in [5.41, 5.74) is -0.109. The molecule has 1 fully saturated rings. The fourth-order valence-electron chi connectivity index (χ4n) is 1.41. The van der Waals surface area contributed by atoms with E-state index in [-0.39, 0.29) is 11.4 Å². The highest BCUT2D eigenvalue weighted by molar-refractivity contribution is 4.96. The lowest BCUT2D eigenvalue weighted by Crippen LogP contribution is -2.19. The minimum absolute atomic E-state index is 0.109. The minimum Gasteiger partial charge on any atom is -0.313 e. The highest BCUT2D eigenvalue weighted by atomic mass is 19.1. The van der Waals surface area contributed by atoms with Crippen molar-refractivity contribution in [3.8, 4) is 0 Å². The number of aryl methyl sites for hydroxylation is 1. The second kappa shape index (κ2) is 3.32. The van der Waals surface area contributed by atoms with Gasteiger partial charge in [-0.25, -0.2) is 4.39 Å². The topological polar surface area (TPSA) is 22.0 Å². The molecule has 2 rings (SSSR count). The molecule has 0 bridgehead atoms. The number of hydrogen-bond donors (Lipinski definition) is 0. The molecule has 1 aliphatic carbocycles. The molecule has 0 aliphatic heterocycles. The Kier molecular flexibility index (Phi) is 2.17. The van der Waals surface area contributed by atoms with Crippen molar-refractivity contribution in [3.05, 3.63) is 34.5 Å². The number of pyridine rings is 1. The van der Waals surface area contributed by atoms with Gasteiger partial charge in [0.05, 0.1) is 0 Å². The second-order valence-electron chi connectivity index (χ2n) is 3.61. The maximum atomic E-state index is 12.7. The summed E-state index contributed by atoms with van der Waals surface area (Å²) in [6.07, 6.45) is 4.82. The van der Waals surface area contributed by atoms with Gasteiger partial charge in [-0.15, -0.1) is 0 Å². The summed E-state index contributed by atoms with van der Waals surface area (Å²) in [5.74, 6) is 0.436. The predicted octanol–water partition coefficient (Wildman–Crippen LogP) is 1.79. The van der Waals surface area contributed by atoms with Gasteiger partial charge in [-0.2, -0.15) is 0 Å². The average Bonchev–Trinajstić information content (AvgIpc) is 2.90. The average molecular weight is 181 g/mol. The van der Waals surface area contributed by atoms with Crippen LogP contribution in [0, 0.1) is 11.7 Å². The zero-order chi connectivity index (χ0) is 9.26. The zero-order valence-corrected chi connectivity index (χ0v) is 7.37. The molecule has 0 aromatic carbocycles. The first-order valence-corrected chi connectivity index (χ1v) is 4.62. The first kappa shape index (κ1) is 8.48. The highest BCUT2D eigenvalue weighted by Crippen LogP contribution is 2.32. The molecule has 0 spiro atoms. The van der Waals surface area contributed by atoms with Crippen LogP contribution in [-0.4, -0.2) is 4.57 Å². The Morgan fingerprint density at radius 3 is 2.92 bits per heavy atom. The summed E-state index contributed by atoms with van der Waals surface area (Å²) >= 11 is 0. The Labute approximate surface area is 76.0 Å². The SMILES string of the molecule is O=c1ccc(F)cn1CCC1CC1. The standard InChI is InChI=1S/C10H12FNO/c11-9-3-4-10(13)12(7-9)6-5-8-1-2-8/h3-4,7-8H,1-2,5-6H2. The molecule has 2 nitrogen and oxygen atoms in total. The molecule has 1 aromatic heterocycles. The summed E-state index contributed by atoms with van der Waals surface area (Å²) in [6, 6.07) is 2.48. The van der Waals surface area contributed by atoms with Crippen LogP contribution in [-0.2, 0) is 6.54 Å². The predicted molar refractivity (Wildman–Crippen MR) is 48.0 cm³/mol. The normalized spacial score (nSPS) is 16.1. The van der Waals surface area contributed by atoms with Crippen LogP contribution in [0.15, 0.2) is 23.1 Å². The summed E-state index contributed by atoms with van der Waals surface area (Å²) < 4.78 is 14.2. The van der Waals surface area contributed by atoms with Crippen LogP contribution in [0.25, 0.3) is 0 Å². The number of hydrogen-bond acceptors (Lipinski definition) is 1. The Balaban J connectivity index is 2.08. The molecule has 1 saturated carbocycles. The van der Waals surface area contributed by atoms with E-state index >= 15 is 0 Å². The van der Waals surface area contributed by atoms with Gasteiger partial charge in [-0.05, 0) is 18.4 Å². The van der Waals surface area contributed by atoms with Crippen molar-refractivity contribution in [1.82, 2.24) is 4.57 Å². The highest BCUT2D eigenvalue weighted by Gasteiger charge is 2.20. The fourth-order valence-corrected chi connectivity index (χ4v) is 1.41. The molecular formula is C10H12FNO. The van der Waals surface area contributed by atoms with Crippen LogP contribution >= 0.6 is 0 Å². The second-order valence-corrected chi connectivity index (χ2v) is 3.61. The molecule has 1 heterocycles. The van der Waals surface area contributed by atoms with Crippen molar-refractivity contribution in [3.63, 3.8) is 0 Å². The van der Waals surface area contributed by atoms with E-state index in [0.717, 1.165) is 12.3 Å². The maximum absolute atomic E-state index is 12.7. The largest absolute Gasteiger partial charge is 0.313 e. The van der Waals surface area contributed by atoms with E-state index in [2.05, 4.69) is 0 Å². The molecule has 0 saturated heterocycles. The molecule has 0 amide bonds. The van der Waals surface area contributed by atoms with Crippen LogP contribution in [0.4, 0.5) is 4.39 Å². The minimum atomic E-state index is -0.338. The van der Waals surface area contributed by atoms with Gasteiger partial charge in [0, 0.05) is 18.8 Å². The van der Waals surface area contributed by atoms with Crippen LogP contribution in [0.3, 0.4) is 0 Å². The molecule has 1 aromatic rings. The maximum Gasteiger partial charge on any atom is 0.250 e. The lowest BCUT2D eigenvalue weighted by Gasteiger charge is -2.03. The van der Waals surface area contributed by atoms with E-state index < -0.39 is 0 Å². The van der Waals surface area contributed by atoms with Gasteiger partial charge in [0.2, 0.25) is 0 Å². The lowest BCUT2D eigenvalue weighted by atomic mass is 10.3. The van der Waals surface area contributed by atoms with E-state index in [1.807, 2.05) is 0 Å². The third-order valence-corrected chi connectivity index (χ3v) is 2.42. The van der Waals surface area contributed by atoms with Gasteiger partial charge in [0.1, 0.15) is 5.82 Å². The van der Waals surface area contributed by atoms with Gasteiger partial charge >= 0.3 is 0 Å². The van der Waals surface area contributed by atoms with Gasteiger partial charge < -0.3 is 4.57 Å². The van der Waals surface area contributed by atoms with E-state index in [1.54, 1.807) is 0 Å². The van der Waals surface area contributed by atoms with Crippen LogP contribution < -0.4 is 5.56 Å². The Morgan fingerprint density at radius 1 is 1.46 bits per heavy atom. The fraction of sp³-hybridized carbons (Fsp3) is 0.500. The zero-order valence-electron chi connectivity index (χ0n) is 7.37. The van der Waals surface area contributed by atoms with Crippen LogP contribution in [0.1, 0.15) is 19.3 Å². The summed E-state index contributed by atoms with van der Waals surface area (Å²) in [7, 11) is 0. The van der Waals surface area contributed by atoms with E-state index in [4.69, 9.17) is 0 Å². The van der Waals surface area contributed by atoms with Crippen molar-refractivity contribution in [2.75, 3.05) is 0 Å². The number of aromatic nitrogens is 1. The molecule has 0 unspecified atom stereocenters. The van der Waals surface area contributed by atoms with Gasteiger partial charge in [-0.1, -0.05) is 12.8 Å². The van der Waals surface area contributed by atoms with Crippen molar-refractivity contribution >= 4 is 0 Å². The summed E-state index contributed by atoms with van der Waals surface area (Å²) in [4.78, 5) is 11.2. The van der Waals surface area contributed by atoms with Crippen LogP contribution in [0.5, 0.6) is 0 Å². The van der Waals surface area contributed by atoms with Crippen molar-refractivity contribution < 1.29 is 4.39 Å². The quantitative estimate of drug-likeness (QED) is 0.696. The molecular weight excluding hydrogens is 169 g/mol. The van der Waals surface area contributed by atoms with Gasteiger partial charge in [0.15, 0.2) is 0 Å². The monoisotopic (exact) mass is 181 g/mol. The first-order valence-electron chi connectivity index (χ1n) is 4.62. The molecule has 3 heteroatoms. The number of nitrogens with zero attached hydrogens (tertiary/aromatic N) is 1. The van der Waals surface area contributed by atoms with E-state index in [9.17, 15) is 9.18 Å². The first-order chi connectivity index (χ1) is 6.25. The molecule has 0 N–H and O–H groups in total. The Bertz CT molecular complexity index is 354. The smallest absolute Gasteiger partial charge is 0.250 e. The van der Waals surface area contributed by atoms with Crippen molar-refractivity contribution in [1.29, 1.82) is 0 Å². The van der Waals surface area contributed by atoms with Crippen LogP contribution in [0.2, 0.25) is 0 Å². The molecule has 0 radical (unpaired) electrons. The number of rotatable bonds is 3. The van der Waals surface area contributed by atoms with Gasteiger partial charge in [0.25, 0.3) is 5.56 Å². The summed E-state index contributed by atoms with van der Waals surface area (Å²) in [5, 5.41) is 0. The lowest BCUT2D eigenvalue weighted by molar-refractivity contribution is 0.546. The summed E-state index contributed by atoms with van der Waals surface area (Å²) in [6.45, 7) is 0.654. The van der Waals surface area contributed by atoms with E-state index in [1.165, 1.54) is 35.7 Å². The molecule has 13 heavy (non-hydrogen) atoms. The number of halogens is 1. The Morgan fingerprint density at radius 2 is 2.23 bits per heavy atom. The Hall–Kier alpha value is -1.12. The van der Waals surface area contributed by atoms with Gasteiger partial charge in [-0.3, -0.25) is 4.79 Å². The molecule has 1 aliphatic rings. The third kappa shape index (κ3) is 2.17. The van der Waals surface area contributed by atoms with Crippen molar-refractivity contribution in [2.24, 2.45) is 5.92 Å². The van der Waals surface area contributed by atoms with E-state index in [0.29, 0.717) is 6.54 Å². The van der Waals surface area contributed by atoms with Crippen molar-refractivity contribution in [2.45, 2.75) is 25.8 Å². The third-order valence-electron chi connectivity index (χ3n) is 2.42.